The minimum Gasteiger partial charge on any atom is -0.390 e. The molecule has 1 aromatic rings. The van der Waals surface area contributed by atoms with Crippen LogP contribution in [0.25, 0.3) is 0 Å². The first-order valence-corrected chi connectivity index (χ1v) is 8.00. The van der Waals surface area contributed by atoms with E-state index in [2.05, 4.69) is 12.1 Å². The molecule has 3 N–H and O–H groups in total. The topological polar surface area (TPSA) is 55.5 Å². The number of hydrogen-bond acceptors (Lipinski definition) is 3. The molecule has 3 nitrogen and oxygen atoms in total. The van der Waals surface area contributed by atoms with Crippen molar-refractivity contribution in [2.24, 2.45) is 5.73 Å². The molecule has 21 heavy (non-hydrogen) atoms. The maximum atomic E-state index is 10.5. The van der Waals surface area contributed by atoms with Gasteiger partial charge >= 0.3 is 0 Å². The number of ether oxygens (including phenoxy) is 1. The SMILES string of the molecule is COCCC(C)(O)CC(N)C1(c2ccc(Cl)cc2)CCC1. The fourth-order valence-corrected chi connectivity index (χ4v) is 3.43. The van der Waals surface area contributed by atoms with Gasteiger partial charge in [-0.15, -0.1) is 0 Å². The van der Waals surface area contributed by atoms with Crippen molar-refractivity contribution in [1.82, 2.24) is 0 Å². The summed E-state index contributed by atoms with van der Waals surface area (Å²) in [4.78, 5) is 0. The van der Waals surface area contributed by atoms with Gasteiger partial charge in [0.15, 0.2) is 0 Å². The maximum Gasteiger partial charge on any atom is 0.0656 e. The van der Waals surface area contributed by atoms with Crippen molar-refractivity contribution in [2.45, 2.75) is 56.1 Å². The van der Waals surface area contributed by atoms with Crippen LogP contribution in [0.5, 0.6) is 0 Å². The predicted octanol–water partition coefficient (Wildman–Crippen LogP) is 3.27. The Hall–Kier alpha value is -0.610. The molecule has 0 bridgehead atoms. The molecule has 0 heterocycles. The first-order valence-electron chi connectivity index (χ1n) is 7.63. The molecule has 2 atom stereocenters. The van der Waals surface area contributed by atoms with Crippen LogP contribution in [0.1, 0.15) is 44.6 Å². The minimum absolute atomic E-state index is 0.0123. The van der Waals surface area contributed by atoms with E-state index in [1.165, 1.54) is 12.0 Å². The zero-order valence-corrected chi connectivity index (χ0v) is 13.7. The lowest BCUT2D eigenvalue weighted by Gasteiger charge is -2.48. The van der Waals surface area contributed by atoms with E-state index in [-0.39, 0.29) is 11.5 Å². The van der Waals surface area contributed by atoms with Crippen LogP contribution in [0.3, 0.4) is 0 Å². The van der Waals surface area contributed by atoms with Gasteiger partial charge in [-0.3, -0.25) is 0 Å². The number of methoxy groups -OCH3 is 1. The molecular weight excluding hydrogens is 286 g/mol. The molecule has 1 fully saturated rings. The zero-order valence-electron chi connectivity index (χ0n) is 12.9. The van der Waals surface area contributed by atoms with Gasteiger partial charge < -0.3 is 15.6 Å². The van der Waals surface area contributed by atoms with Gasteiger partial charge in [0, 0.05) is 30.2 Å². The summed E-state index contributed by atoms with van der Waals surface area (Å²) in [6, 6.07) is 7.94. The second kappa shape index (κ2) is 6.66. The van der Waals surface area contributed by atoms with Crippen LogP contribution in [0.2, 0.25) is 5.02 Å². The van der Waals surface area contributed by atoms with E-state index in [1.54, 1.807) is 7.11 Å². The summed E-state index contributed by atoms with van der Waals surface area (Å²) in [5.74, 6) is 0. The Morgan fingerprint density at radius 3 is 2.48 bits per heavy atom. The molecule has 1 aliphatic carbocycles. The van der Waals surface area contributed by atoms with Gasteiger partial charge in [0.05, 0.1) is 5.60 Å². The van der Waals surface area contributed by atoms with E-state index in [9.17, 15) is 5.11 Å². The van der Waals surface area contributed by atoms with Crippen molar-refractivity contribution < 1.29 is 9.84 Å². The second-order valence-electron chi connectivity index (χ2n) is 6.57. The highest BCUT2D eigenvalue weighted by atomic mass is 35.5. The molecule has 2 rings (SSSR count). The summed E-state index contributed by atoms with van der Waals surface area (Å²) in [5.41, 5.74) is 6.95. The molecule has 0 amide bonds. The van der Waals surface area contributed by atoms with Crippen LogP contribution < -0.4 is 5.73 Å². The predicted molar refractivity (Wildman–Crippen MR) is 86.7 cm³/mol. The van der Waals surface area contributed by atoms with Gasteiger partial charge in [-0.05, 0) is 50.3 Å². The van der Waals surface area contributed by atoms with E-state index < -0.39 is 5.60 Å². The molecule has 0 aromatic heterocycles. The lowest BCUT2D eigenvalue weighted by Crippen LogP contribution is -2.53. The van der Waals surface area contributed by atoms with Gasteiger partial charge in [0.25, 0.3) is 0 Å². The van der Waals surface area contributed by atoms with E-state index in [4.69, 9.17) is 22.1 Å². The third-order valence-corrected chi connectivity index (χ3v) is 5.13. The second-order valence-corrected chi connectivity index (χ2v) is 7.00. The van der Waals surface area contributed by atoms with Crippen LogP contribution in [0.15, 0.2) is 24.3 Å². The molecule has 0 aliphatic heterocycles. The Morgan fingerprint density at radius 1 is 1.38 bits per heavy atom. The maximum absolute atomic E-state index is 10.5. The standard InChI is InChI=1S/C17H26ClNO2/c1-16(20,10-11-21-2)12-15(19)17(8-3-9-17)13-4-6-14(18)7-5-13/h4-7,15,20H,3,8-12,19H2,1-2H3. The highest BCUT2D eigenvalue weighted by Crippen LogP contribution is 2.47. The van der Waals surface area contributed by atoms with E-state index in [0.29, 0.717) is 19.4 Å². The minimum atomic E-state index is -0.787. The molecule has 1 saturated carbocycles. The van der Waals surface area contributed by atoms with Gasteiger partial charge in [-0.2, -0.15) is 0 Å². The molecule has 0 spiro atoms. The largest absolute Gasteiger partial charge is 0.390 e. The summed E-state index contributed by atoms with van der Waals surface area (Å²) >= 11 is 5.98. The summed E-state index contributed by atoms with van der Waals surface area (Å²) in [6.45, 7) is 2.40. The number of aliphatic hydroxyl groups is 1. The van der Waals surface area contributed by atoms with E-state index in [0.717, 1.165) is 17.9 Å². The summed E-state index contributed by atoms with van der Waals surface area (Å²) in [7, 11) is 1.65. The number of halogens is 1. The van der Waals surface area contributed by atoms with Crippen molar-refractivity contribution in [3.05, 3.63) is 34.9 Å². The Bertz CT molecular complexity index is 454. The Labute approximate surface area is 132 Å². The smallest absolute Gasteiger partial charge is 0.0656 e. The number of hydrogen-bond donors (Lipinski definition) is 2. The number of nitrogens with two attached hydrogens (primary N) is 1. The summed E-state index contributed by atoms with van der Waals surface area (Å²) in [5, 5.41) is 11.3. The highest BCUT2D eigenvalue weighted by Gasteiger charge is 2.45. The number of rotatable bonds is 7. The fourth-order valence-electron chi connectivity index (χ4n) is 3.31. The molecule has 0 radical (unpaired) electrons. The Kier molecular flexibility index (Phi) is 5.31. The van der Waals surface area contributed by atoms with Crippen LogP contribution in [0, 0.1) is 0 Å². The molecule has 0 saturated heterocycles. The third-order valence-electron chi connectivity index (χ3n) is 4.88. The molecule has 1 aliphatic rings. The molecule has 2 unspecified atom stereocenters. The quantitative estimate of drug-likeness (QED) is 0.812. The fraction of sp³-hybridized carbons (Fsp3) is 0.647. The van der Waals surface area contributed by atoms with Crippen molar-refractivity contribution in [1.29, 1.82) is 0 Å². The average molecular weight is 312 g/mol. The van der Waals surface area contributed by atoms with Crippen LogP contribution >= 0.6 is 11.6 Å². The van der Waals surface area contributed by atoms with Gasteiger partial charge in [0.1, 0.15) is 0 Å². The lowest BCUT2D eigenvalue weighted by atomic mass is 9.58. The van der Waals surface area contributed by atoms with Crippen LogP contribution in [-0.2, 0) is 10.2 Å². The highest BCUT2D eigenvalue weighted by molar-refractivity contribution is 6.30. The van der Waals surface area contributed by atoms with E-state index >= 15 is 0 Å². The van der Waals surface area contributed by atoms with Crippen molar-refractivity contribution in [3.63, 3.8) is 0 Å². The third kappa shape index (κ3) is 3.78. The van der Waals surface area contributed by atoms with Gasteiger partial charge in [0.2, 0.25) is 0 Å². The van der Waals surface area contributed by atoms with Crippen molar-refractivity contribution in [3.8, 4) is 0 Å². The summed E-state index contributed by atoms with van der Waals surface area (Å²) < 4.78 is 5.07. The molecule has 1 aromatic carbocycles. The van der Waals surface area contributed by atoms with Crippen molar-refractivity contribution >= 4 is 11.6 Å². The molecule has 118 valence electrons. The monoisotopic (exact) mass is 311 g/mol. The van der Waals surface area contributed by atoms with Gasteiger partial charge in [-0.25, -0.2) is 0 Å². The zero-order chi connectivity index (χ0) is 15.5. The summed E-state index contributed by atoms with van der Waals surface area (Å²) in [6.07, 6.45) is 4.54. The number of benzene rings is 1. The van der Waals surface area contributed by atoms with Crippen LogP contribution in [0.4, 0.5) is 0 Å². The van der Waals surface area contributed by atoms with Crippen molar-refractivity contribution in [2.75, 3.05) is 13.7 Å². The molecular formula is C17H26ClNO2. The van der Waals surface area contributed by atoms with E-state index in [1.807, 2.05) is 19.1 Å². The Morgan fingerprint density at radius 2 is 2.00 bits per heavy atom. The van der Waals surface area contributed by atoms with Gasteiger partial charge in [-0.1, -0.05) is 30.2 Å². The van der Waals surface area contributed by atoms with Crippen LogP contribution in [-0.4, -0.2) is 30.5 Å². The Balaban J connectivity index is 2.11. The lowest BCUT2D eigenvalue weighted by molar-refractivity contribution is -0.00145. The first-order chi connectivity index (χ1) is 9.89. The average Bonchev–Trinajstić information content (AvgIpc) is 2.37. The normalized spacial score (nSPS) is 21.4. The first kappa shape index (κ1) is 16.8. The molecule has 4 heteroatoms.